The standard InChI is InChI=1S/C36H42N4O7/c1-24(2)27-21-26(34(41)38(3)19-12-20-39(4)36(43)47-23-25-13-9-8-10-14-25)17-18-29(27)40-30(22-28(37-40)35(42)46-7)33-31(44-5)15-11-16-32(33)45-6/h8-11,13-18,21-22,24H,12,19-20,23H2,1-7H3. The molecule has 0 saturated carbocycles. The summed E-state index contributed by atoms with van der Waals surface area (Å²) < 4.78 is 23.3. The van der Waals surface area contributed by atoms with E-state index in [2.05, 4.69) is 5.10 Å². The molecule has 0 radical (unpaired) electrons. The molecule has 1 aromatic heterocycles. The summed E-state index contributed by atoms with van der Waals surface area (Å²) in [6.07, 6.45) is 0.154. The van der Waals surface area contributed by atoms with Gasteiger partial charge in [-0.1, -0.05) is 50.2 Å². The molecule has 0 aliphatic heterocycles. The van der Waals surface area contributed by atoms with Crippen molar-refractivity contribution in [2.45, 2.75) is 32.8 Å². The van der Waals surface area contributed by atoms with E-state index in [0.29, 0.717) is 53.5 Å². The summed E-state index contributed by atoms with van der Waals surface area (Å²) in [6, 6.07) is 22.0. The lowest BCUT2D eigenvalue weighted by molar-refractivity contribution is 0.0593. The number of amides is 2. The average molecular weight is 643 g/mol. The summed E-state index contributed by atoms with van der Waals surface area (Å²) in [5.41, 5.74) is 4.24. The van der Waals surface area contributed by atoms with Gasteiger partial charge in [-0.15, -0.1) is 0 Å². The van der Waals surface area contributed by atoms with Crippen LogP contribution in [0.15, 0.2) is 72.8 Å². The molecular weight excluding hydrogens is 600 g/mol. The van der Waals surface area contributed by atoms with Gasteiger partial charge in [-0.05, 0) is 59.9 Å². The zero-order chi connectivity index (χ0) is 34.1. The molecule has 0 saturated heterocycles. The van der Waals surface area contributed by atoms with Crippen LogP contribution >= 0.6 is 0 Å². The first kappa shape index (κ1) is 34.6. The Hall–Kier alpha value is -5.32. The summed E-state index contributed by atoms with van der Waals surface area (Å²) in [6.45, 7) is 5.12. The van der Waals surface area contributed by atoms with Crippen LogP contribution in [0.4, 0.5) is 4.79 Å². The number of benzene rings is 3. The summed E-state index contributed by atoms with van der Waals surface area (Å²) in [7, 11) is 7.84. The molecule has 0 bridgehead atoms. The van der Waals surface area contributed by atoms with Crippen molar-refractivity contribution in [3.8, 4) is 28.4 Å². The number of methoxy groups -OCH3 is 3. The highest BCUT2D eigenvalue weighted by atomic mass is 16.6. The Kier molecular flexibility index (Phi) is 11.6. The number of ether oxygens (including phenoxy) is 4. The molecule has 0 N–H and O–H groups in total. The van der Waals surface area contributed by atoms with Crippen molar-refractivity contribution in [2.24, 2.45) is 0 Å². The number of carbonyl (C=O) groups is 3. The maximum Gasteiger partial charge on any atom is 0.409 e. The second-order valence-electron chi connectivity index (χ2n) is 11.3. The predicted molar refractivity (Wildman–Crippen MR) is 178 cm³/mol. The number of aromatic nitrogens is 2. The minimum absolute atomic E-state index is 0.00297. The van der Waals surface area contributed by atoms with Gasteiger partial charge >= 0.3 is 12.1 Å². The molecule has 3 aromatic carbocycles. The van der Waals surface area contributed by atoms with Crippen LogP contribution in [0, 0.1) is 0 Å². The van der Waals surface area contributed by atoms with Crippen molar-refractivity contribution in [3.05, 3.63) is 95.2 Å². The highest BCUT2D eigenvalue weighted by Gasteiger charge is 2.25. The first-order chi connectivity index (χ1) is 22.6. The number of hydrogen-bond acceptors (Lipinski definition) is 8. The summed E-state index contributed by atoms with van der Waals surface area (Å²) in [4.78, 5) is 41.7. The normalized spacial score (nSPS) is 10.8. The lowest BCUT2D eigenvalue weighted by Gasteiger charge is -2.22. The van der Waals surface area contributed by atoms with E-state index in [1.54, 1.807) is 62.2 Å². The molecule has 47 heavy (non-hydrogen) atoms. The van der Waals surface area contributed by atoms with Gasteiger partial charge in [0.05, 0.1) is 38.3 Å². The third-order valence-electron chi connectivity index (χ3n) is 7.76. The van der Waals surface area contributed by atoms with Crippen molar-refractivity contribution >= 4 is 18.0 Å². The largest absolute Gasteiger partial charge is 0.496 e. The van der Waals surface area contributed by atoms with E-state index in [9.17, 15) is 14.4 Å². The fourth-order valence-electron chi connectivity index (χ4n) is 5.18. The molecule has 0 atom stereocenters. The van der Waals surface area contributed by atoms with E-state index in [1.807, 2.05) is 62.4 Å². The van der Waals surface area contributed by atoms with Gasteiger partial charge in [0.2, 0.25) is 0 Å². The van der Waals surface area contributed by atoms with Crippen LogP contribution in [0.25, 0.3) is 16.9 Å². The Morgan fingerprint density at radius 2 is 1.49 bits per heavy atom. The van der Waals surface area contributed by atoms with Gasteiger partial charge in [-0.25, -0.2) is 14.3 Å². The molecule has 4 rings (SSSR count). The Morgan fingerprint density at radius 1 is 0.830 bits per heavy atom. The van der Waals surface area contributed by atoms with Crippen LogP contribution in [-0.2, 0) is 16.1 Å². The molecule has 2 amide bonds. The SMILES string of the molecule is COC(=O)c1cc(-c2c(OC)cccc2OC)n(-c2ccc(C(=O)N(C)CCCN(C)C(=O)OCc3ccccc3)cc2C(C)C)n1. The maximum atomic E-state index is 13.5. The van der Waals surface area contributed by atoms with Crippen LogP contribution in [0.2, 0.25) is 0 Å². The van der Waals surface area contributed by atoms with Gasteiger partial charge in [0.15, 0.2) is 5.69 Å². The van der Waals surface area contributed by atoms with E-state index < -0.39 is 12.1 Å². The third-order valence-corrected chi connectivity index (χ3v) is 7.76. The molecule has 0 aliphatic rings. The highest BCUT2D eigenvalue weighted by Crippen LogP contribution is 2.40. The van der Waals surface area contributed by atoms with Gasteiger partial charge in [0.1, 0.15) is 18.1 Å². The average Bonchev–Trinajstić information content (AvgIpc) is 3.54. The van der Waals surface area contributed by atoms with E-state index >= 15 is 0 Å². The molecule has 4 aromatic rings. The number of hydrogen-bond donors (Lipinski definition) is 0. The zero-order valence-corrected chi connectivity index (χ0v) is 28.0. The fourth-order valence-corrected chi connectivity index (χ4v) is 5.18. The Balaban J connectivity index is 1.55. The summed E-state index contributed by atoms with van der Waals surface area (Å²) >= 11 is 0. The van der Waals surface area contributed by atoms with Gasteiger partial charge in [-0.2, -0.15) is 5.10 Å². The number of carbonyl (C=O) groups excluding carboxylic acids is 3. The summed E-state index contributed by atoms with van der Waals surface area (Å²) in [5, 5.41) is 4.63. The molecule has 0 unspecified atom stereocenters. The van der Waals surface area contributed by atoms with Crippen molar-refractivity contribution < 1.29 is 33.3 Å². The molecule has 0 fully saturated rings. The second-order valence-corrected chi connectivity index (χ2v) is 11.3. The Labute approximate surface area is 275 Å². The van der Waals surface area contributed by atoms with E-state index in [4.69, 9.17) is 18.9 Å². The van der Waals surface area contributed by atoms with Gasteiger partial charge in [-0.3, -0.25) is 4.79 Å². The molecular formula is C36H42N4O7. The van der Waals surface area contributed by atoms with Gasteiger partial charge in [0.25, 0.3) is 5.91 Å². The highest BCUT2D eigenvalue weighted by molar-refractivity contribution is 5.95. The number of esters is 1. The molecule has 1 heterocycles. The van der Waals surface area contributed by atoms with E-state index in [0.717, 1.165) is 11.1 Å². The lowest BCUT2D eigenvalue weighted by Crippen LogP contribution is -2.33. The van der Waals surface area contributed by atoms with Gasteiger partial charge < -0.3 is 28.7 Å². The van der Waals surface area contributed by atoms with Crippen molar-refractivity contribution in [3.63, 3.8) is 0 Å². The first-order valence-electron chi connectivity index (χ1n) is 15.3. The third kappa shape index (κ3) is 8.10. The second kappa shape index (κ2) is 15.8. The minimum Gasteiger partial charge on any atom is -0.496 e. The Bertz CT molecular complexity index is 1680. The van der Waals surface area contributed by atoms with Crippen LogP contribution in [0.5, 0.6) is 11.5 Å². The van der Waals surface area contributed by atoms with Crippen LogP contribution < -0.4 is 9.47 Å². The summed E-state index contributed by atoms with van der Waals surface area (Å²) in [5.74, 6) is 0.327. The monoisotopic (exact) mass is 642 g/mol. The lowest BCUT2D eigenvalue weighted by atomic mass is 9.97. The predicted octanol–water partition coefficient (Wildman–Crippen LogP) is 6.20. The van der Waals surface area contributed by atoms with Gasteiger partial charge in [0, 0.05) is 32.7 Å². The van der Waals surface area contributed by atoms with Crippen molar-refractivity contribution in [1.82, 2.24) is 19.6 Å². The van der Waals surface area contributed by atoms with E-state index in [-0.39, 0.29) is 24.1 Å². The maximum absolute atomic E-state index is 13.5. The quantitative estimate of drug-likeness (QED) is 0.159. The Morgan fingerprint density at radius 3 is 2.11 bits per heavy atom. The van der Waals surface area contributed by atoms with Crippen LogP contribution in [0.3, 0.4) is 0 Å². The molecule has 11 nitrogen and oxygen atoms in total. The van der Waals surface area contributed by atoms with Crippen LogP contribution in [-0.4, -0.2) is 86.1 Å². The van der Waals surface area contributed by atoms with E-state index in [1.165, 1.54) is 12.0 Å². The molecule has 11 heteroatoms. The van der Waals surface area contributed by atoms with Crippen LogP contribution in [0.1, 0.15) is 58.2 Å². The van der Waals surface area contributed by atoms with Crippen molar-refractivity contribution in [1.29, 1.82) is 0 Å². The smallest absolute Gasteiger partial charge is 0.409 e. The number of rotatable bonds is 13. The number of nitrogens with zero attached hydrogens (tertiary/aromatic N) is 4. The topological polar surface area (TPSA) is 112 Å². The molecule has 248 valence electrons. The molecule has 0 aliphatic carbocycles. The zero-order valence-electron chi connectivity index (χ0n) is 28.0. The fraction of sp³-hybridized carbons (Fsp3) is 0.333. The first-order valence-corrected chi connectivity index (χ1v) is 15.3. The minimum atomic E-state index is -0.589. The molecule has 0 spiro atoms. The van der Waals surface area contributed by atoms with Crippen molar-refractivity contribution in [2.75, 3.05) is 48.5 Å².